The average Bonchev–Trinajstić information content (AvgIpc) is 3.01. The Morgan fingerprint density at radius 1 is 1.32 bits per heavy atom. The van der Waals surface area contributed by atoms with E-state index in [4.69, 9.17) is 10.3 Å². The van der Waals surface area contributed by atoms with Gasteiger partial charge in [-0.15, -0.1) is 11.3 Å². The van der Waals surface area contributed by atoms with E-state index < -0.39 is 0 Å². The van der Waals surface area contributed by atoms with E-state index in [9.17, 15) is 4.39 Å². The maximum Gasteiger partial charge on any atom is 0.231 e. The van der Waals surface area contributed by atoms with Gasteiger partial charge in [-0.05, 0) is 39.5 Å². The fourth-order valence-corrected chi connectivity index (χ4v) is 2.82. The Bertz CT molecular complexity index is 724. The predicted molar refractivity (Wildman–Crippen MR) is 77.3 cm³/mol. The molecular formula is C13H8BrFN2OS. The molecule has 0 fully saturated rings. The molecule has 0 amide bonds. The van der Waals surface area contributed by atoms with Crippen LogP contribution in [0.25, 0.3) is 21.7 Å². The van der Waals surface area contributed by atoms with Crippen LogP contribution in [0.1, 0.15) is 0 Å². The molecule has 0 bridgehead atoms. The van der Waals surface area contributed by atoms with Gasteiger partial charge in [0.05, 0.1) is 10.0 Å². The first kappa shape index (κ1) is 12.4. The normalized spacial score (nSPS) is 10.8. The van der Waals surface area contributed by atoms with Gasteiger partial charge in [-0.2, -0.15) is 0 Å². The lowest BCUT2D eigenvalue weighted by Gasteiger charge is -2.01. The van der Waals surface area contributed by atoms with Crippen LogP contribution in [0.4, 0.5) is 10.3 Å². The molecule has 6 heteroatoms. The number of rotatable bonds is 2. The lowest BCUT2D eigenvalue weighted by molar-refractivity contribution is 0.439. The number of hydrogen-bond donors (Lipinski definition) is 1. The molecule has 96 valence electrons. The van der Waals surface area contributed by atoms with Gasteiger partial charge in [0.2, 0.25) is 5.88 Å². The molecular weight excluding hydrogens is 331 g/mol. The zero-order valence-electron chi connectivity index (χ0n) is 9.56. The summed E-state index contributed by atoms with van der Waals surface area (Å²) in [6.07, 6.45) is 0. The number of nitrogen functional groups attached to an aromatic ring is 1. The fraction of sp³-hybridized carbons (Fsp3) is 0. The van der Waals surface area contributed by atoms with Crippen LogP contribution in [0.2, 0.25) is 0 Å². The van der Waals surface area contributed by atoms with E-state index >= 15 is 0 Å². The van der Waals surface area contributed by atoms with Crippen LogP contribution in [0.15, 0.2) is 44.7 Å². The Labute approximate surface area is 121 Å². The van der Waals surface area contributed by atoms with Crippen LogP contribution in [0.3, 0.4) is 0 Å². The summed E-state index contributed by atoms with van der Waals surface area (Å²) in [5, 5.41) is 5.88. The molecule has 0 spiro atoms. The summed E-state index contributed by atoms with van der Waals surface area (Å²) in [5.74, 6) is -0.114. The zero-order chi connectivity index (χ0) is 13.4. The van der Waals surface area contributed by atoms with Crippen LogP contribution in [-0.4, -0.2) is 5.16 Å². The lowest BCUT2D eigenvalue weighted by atomic mass is 10.1. The van der Waals surface area contributed by atoms with E-state index in [1.54, 1.807) is 12.1 Å². The quantitative estimate of drug-likeness (QED) is 0.745. The minimum Gasteiger partial charge on any atom is -0.367 e. The Kier molecular flexibility index (Phi) is 3.12. The third-order valence-electron chi connectivity index (χ3n) is 2.68. The topological polar surface area (TPSA) is 52.0 Å². The first-order chi connectivity index (χ1) is 9.16. The third kappa shape index (κ3) is 2.17. The molecule has 0 aliphatic heterocycles. The molecule has 0 radical (unpaired) electrons. The van der Waals surface area contributed by atoms with Crippen LogP contribution < -0.4 is 5.73 Å². The van der Waals surface area contributed by atoms with Crippen molar-refractivity contribution in [2.24, 2.45) is 0 Å². The Hall–Kier alpha value is -1.66. The maximum absolute atomic E-state index is 13.6. The first-order valence-electron chi connectivity index (χ1n) is 5.41. The number of anilines is 1. The molecule has 2 N–H and O–H groups in total. The fourth-order valence-electron chi connectivity index (χ4n) is 1.80. The Morgan fingerprint density at radius 3 is 2.84 bits per heavy atom. The highest BCUT2D eigenvalue weighted by Crippen LogP contribution is 2.38. The van der Waals surface area contributed by atoms with Crippen LogP contribution in [0.5, 0.6) is 0 Å². The highest BCUT2D eigenvalue weighted by Gasteiger charge is 2.18. The SMILES string of the molecule is Nc1onc(-c2ccc(Br)c(F)c2)c1-c1cccs1. The van der Waals surface area contributed by atoms with E-state index in [1.807, 2.05) is 17.5 Å². The number of benzene rings is 1. The molecule has 19 heavy (non-hydrogen) atoms. The molecule has 3 rings (SSSR count). The monoisotopic (exact) mass is 338 g/mol. The van der Waals surface area contributed by atoms with Crippen LogP contribution in [0, 0.1) is 5.82 Å². The summed E-state index contributed by atoms with van der Waals surface area (Å²) in [6.45, 7) is 0. The smallest absolute Gasteiger partial charge is 0.231 e. The van der Waals surface area contributed by atoms with E-state index in [0.717, 1.165) is 4.88 Å². The number of hydrogen-bond acceptors (Lipinski definition) is 4. The number of nitrogens with two attached hydrogens (primary N) is 1. The third-order valence-corrected chi connectivity index (χ3v) is 4.21. The van der Waals surface area contributed by atoms with Crippen LogP contribution >= 0.6 is 27.3 Å². The average molecular weight is 339 g/mol. The molecule has 0 atom stereocenters. The van der Waals surface area contributed by atoms with Gasteiger partial charge in [0.25, 0.3) is 0 Å². The van der Waals surface area contributed by atoms with Gasteiger partial charge in [0, 0.05) is 10.4 Å². The van der Waals surface area contributed by atoms with E-state index in [2.05, 4.69) is 21.1 Å². The summed E-state index contributed by atoms with van der Waals surface area (Å²) in [6, 6.07) is 8.64. The minimum atomic E-state index is -0.351. The van der Waals surface area contributed by atoms with Crippen molar-refractivity contribution < 1.29 is 8.91 Å². The Balaban J connectivity index is 2.18. The van der Waals surface area contributed by atoms with E-state index in [1.165, 1.54) is 17.4 Å². The zero-order valence-corrected chi connectivity index (χ0v) is 12.0. The van der Waals surface area contributed by atoms with Crippen molar-refractivity contribution in [1.82, 2.24) is 5.16 Å². The number of nitrogens with zero attached hydrogens (tertiary/aromatic N) is 1. The van der Waals surface area contributed by atoms with Crippen molar-refractivity contribution in [1.29, 1.82) is 0 Å². The first-order valence-corrected chi connectivity index (χ1v) is 7.08. The van der Waals surface area contributed by atoms with Gasteiger partial charge >= 0.3 is 0 Å². The molecule has 3 aromatic rings. The minimum absolute atomic E-state index is 0.237. The molecule has 2 heterocycles. The van der Waals surface area contributed by atoms with Gasteiger partial charge in [-0.25, -0.2) is 4.39 Å². The van der Waals surface area contributed by atoms with Crippen molar-refractivity contribution >= 4 is 33.2 Å². The molecule has 3 nitrogen and oxygen atoms in total. The summed E-state index contributed by atoms with van der Waals surface area (Å²) in [5.41, 5.74) is 7.69. The molecule has 0 saturated carbocycles. The number of aromatic nitrogens is 1. The molecule has 0 aliphatic rings. The summed E-state index contributed by atoms with van der Waals surface area (Å²) in [4.78, 5) is 0.942. The highest BCUT2D eigenvalue weighted by atomic mass is 79.9. The van der Waals surface area contributed by atoms with E-state index in [-0.39, 0.29) is 11.7 Å². The van der Waals surface area contributed by atoms with Crippen molar-refractivity contribution in [2.75, 3.05) is 5.73 Å². The second-order valence-electron chi connectivity index (χ2n) is 3.88. The summed E-state index contributed by atoms with van der Waals surface area (Å²) < 4.78 is 19.1. The summed E-state index contributed by atoms with van der Waals surface area (Å²) in [7, 11) is 0. The van der Waals surface area contributed by atoms with Gasteiger partial charge < -0.3 is 10.3 Å². The second kappa shape index (κ2) is 4.79. The number of halogens is 2. The van der Waals surface area contributed by atoms with E-state index in [0.29, 0.717) is 21.3 Å². The van der Waals surface area contributed by atoms with Gasteiger partial charge in [-0.3, -0.25) is 0 Å². The lowest BCUT2D eigenvalue weighted by Crippen LogP contribution is -1.87. The van der Waals surface area contributed by atoms with Crippen molar-refractivity contribution in [3.8, 4) is 21.7 Å². The van der Waals surface area contributed by atoms with Gasteiger partial charge in [0.15, 0.2) is 0 Å². The molecule has 0 aliphatic carbocycles. The van der Waals surface area contributed by atoms with Crippen molar-refractivity contribution in [3.05, 3.63) is 46.0 Å². The van der Waals surface area contributed by atoms with Crippen molar-refractivity contribution in [2.45, 2.75) is 0 Å². The summed E-state index contributed by atoms with van der Waals surface area (Å²) >= 11 is 4.65. The van der Waals surface area contributed by atoms with Gasteiger partial charge in [-0.1, -0.05) is 17.3 Å². The highest BCUT2D eigenvalue weighted by molar-refractivity contribution is 9.10. The van der Waals surface area contributed by atoms with Crippen LogP contribution in [-0.2, 0) is 0 Å². The molecule has 0 saturated heterocycles. The molecule has 2 aromatic heterocycles. The number of thiophene rings is 1. The van der Waals surface area contributed by atoms with Crippen molar-refractivity contribution in [3.63, 3.8) is 0 Å². The molecule has 0 unspecified atom stereocenters. The largest absolute Gasteiger partial charge is 0.367 e. The standard InChI is InChI=1S/C13H8BrFN2OS/c14-8-4-3-7(6-9(8)15)12-11(13(16)18-17-12)10-2-1-5-19-10/h1-6H,16H2. The Morgan fingerprint density at radius 2 is 2.16 bits per heavy atom. The molecule has 1 aromatic carbocycles. The predicted octanol–water partition coefficient (Wildman–Crippen LogP) is 4.55. The van der Waals surface area contributed by atoms with Gasteiger partial charge in [0.1, 0.15) is 11.5 Å². The maximum atomic E-state index is 13.6. The second-order valence-corrected chi connectivity index (χ2v) is 5.68.